The Morgan fingerprint density at radius 2 is 1.93 bits per heavy atom. The molecule has 0 aromatic heterocycles. The molecule has 152 valence electrons. The molecule has 1 spiro atoms. The molecule has 2 saturated heterocycles. The summed E-state index contributed by atoms with van der Waals surface area (Å²) >= 11 is 6.47. The number of carbonyl (C=O) groups excluding carboxylic acids is 2. The lowest BCUT2D eigenvalue weighted by molar-refractivity contribution is -0.164. The summed E-state index contributed by atoms with van der Waals surface area (Å²) in [5, 5.41) is 3.69. The molecule has 0 unspecified atom stereocenters. The highest BCUT2D eigenvalue weighted by Crippen LogP contribution is 2.51. The first kappa shape index (κ1) is 19.5. The molecule has 3 aliphatic rings. The fourth-order valence-electron chi connectivity index (χ4n) is 4.79. The monoisotopic (exact) mass is 415 g/mol. The van der Waals surface area contributed by atoms with Crippen molar-refractivity contribution in [1.82, 2.24) is 10.2 Å². The van der Waals surface area contributed by atoms with E-state index in [-0.39, 0.29) is 12.5 Å². The van der Waals surface area contributed by atoms with E-state index in [2.05, 4.69) is 5.32 Å². The highest BCUT2D eigenvalue weighted by molar-refractivity contribution is 6.33. The number of alkyl halides is 3. The second kappa shape index (κ2) is 6.91. The number of hydrogen-bond donors (Lipinski definition) is 1. The molecule has 28 heavy (non-hydrogen) atoms. The standard InChI is InChI=1S/C19H21ClF3N3O2/c20-12-3-1-4-13-15(12)18(6-8-24-9-7-18)17(28)26(13)14-5-2-10-25(16(14)27)11-19(21,22)23/h1,3-4,14,24H,2,5-11H2/t14-/m0/s1. The summed E-state index contributed by atoms with van der Waals surface area (Å²) in [7, 11) is 0. The van der Waals surface area contributed by atoms with Crippen LogP contribution >= 0.6 is 11.6 Å². The zero-order chi connectivity index (χ0) is 20.1. The average Bonchev–Trinajstić information content (AvgIpc) is 2.86. The second-order valence-corrected chi connectivity index (χ2v) is 8.08. The smallest absolute Gasteiger partial charge is 0.332 e. The number of amides is 2. The van der Waals surface area contributed by atoms with Gasteiger partial charge >= 0.3 is 6.18 Å². The van der Waals surface area contributed by atoms with Crippen molar-refractivity contribution in [3.05, 3.63) is 28.8 Å². The molecular formula is C19H21ClF3N3O2. The van der Waals surface area contributed by atoms with Gasteiger partial charge in [-0.25, -0.2) is 0 Å². The molecule has 0 radical (unpaired) electrons. The second-order valence-electron chi connectivity index (χ2n) is 7.67. The Balaban J connectivity index is 1.73. The van der Waals surface area contributed by atoms with E-state index in [9.17, 15) is 22.8 Å². The number of rotatable bonds is 2. The van der Waals surface area contributed by atoms with Crippen molar-refractivity contribution in [3.8, 4) is 0 Å². The van der Waals surface area contributed by atoms with Gasteiger partial charge in [-0.05, 0) is 50.9 Å². The zero-order valence-corrected chi connectivity index (χ0v) is 15.9. The van der Waals surface area contributed by atoms with Gasteiger partial charge < -0.3 is 10.2 Å². The first-order valence-corrected chi connectivity index (χ1v) is 9.81. The molecule has 1 aromatic carbocycles. The first-order chi connectivity index (χ1) is 13.2. The summed E-state index contributed by atoms with van der Waals surface area (Å²) in [5.41, 5.74) is 0.460. The molecule has 1 atom stereocenters. The normalized spacial score (nSPS) is 24.8. The van der Waals surface area contributed by atoms with Crippen molar-refractivity contribution in [2.45, 2.75) is 43.3 Å². The molecular weight excluding hydrogens is 395 g/mol. The largest absolute Gasteiger partial charge is 0.406 e. The molecule has 1 N–H and O–H groups in total. The average molecular weight is 416 g/mol. The van der Waals surface area contributed by atoms with Gasteiger partial charge in [0.2, 0.25) is 11.8 Å². The Bertz CT molecular complexity index is 808. The minimum Gasteiger partial charge on any atom is -0.332 e. The summed E-state index contributed by atoms with van der Waals surface area (Å²) in [4.78, 5) is 28.7. The molecule has 5 nitrogen and oxygen atoms in total. The topological polar surface area (TPSA) is 52.7 Å². The maximum Gasteiger partial charge on any atom is 0.406 e. The Morgan fingerprint density at radius 1 is 1.21 bits per heavy atom. The molecule has 2 amide bonds. The van der Waals surface area contributed by atoms with Crippen LogP contribution in [0.2, 0.25) is 5.02 Å². The van der Waals surface area contributed by atoms with Crippen LogP contribution in [0, 0.1) is 0 Å². The van der Waals surface area contributed by atoms with Gasteiger partial charge in [-0.1, -0.05) is 17.7 Å². The molecule has 4 rings (SSSR count). The van der Waals surface area contributed by atoms with Gasteiger partial charge in [-0.2, -0.15) is 13.2 Å². The number of likely N-dealkylation sites (tertiary alicyclic amines) is 1. The molecule has 3 aliphatic heterocycles. The third-order valence-corrected chi connectivity index (χ3v) is 6.31. The summed E-state index contributed by atoms with van der Waals surface area (Å²) < 4.78 is 38.6. The number of nitrogens with zero attached hydrogens (tertiary/aromatic N) is 2. The van der Waals surface area contributed by atoms with Crippen LogP contribution in [-0.4, -0.2) is 55.1 Å². The fourth-order valence-corrected chi connectivity index (χ4v) is 5.14. The highest BCUT2D eigenvalue weighted by Gasteiger charge is 2.55. The SMILES string of the molecule is O=C1[C@@H](N2C(=O)C3(CCNCC3)c3c(Cl)cccc32)CCCN1CC(F)(F)F. The van der Waals surface area contributed by atoms with E-state index in [0.717, 1.165) is 4.90 Å². The number of fused-ring (bicyclic) bond motifs is 2. The number of carbonyl (C=O) groups is 2. The van der Waals surface area contributed by atoms with Crippen molar-refractivity contribution in [2.24, 2.45) is 0 Å². The third-order valence-electron chi connectivity index (χ3n) is 6.00. The van der Waals surface area contributed by atoms with Crippen LogP contribution in [-0.2, 0) is 15.0 Å². The number of nitrogens with one attached hydrogen (secondary N) is 1. The van der Waals surface area contributed by atoms with E-state index < -0.39 is 30.1 Å². The summed E-state index contributed by atoms with van der Waals surface area (Å²) in [5.74, 6) is -0.863. The van der Waals surface area contributed by atoms with Crippen molar-refractivity contribution in [3.63, 3.8) is 0 Å². The van der Waals surface area contributed by atoms with Gasteiger partial charge in [0, 0.05) is 17.1 Å². The lowest BCUT2D eigenvalue weighted by atomic mass is 9.74. The van der Waals surface area contributed by atoms with Crippen LogP contribution in [0.15, 0.2) is 18.2 Å². The van der Waals surface area contributed by atoms with Gasteiger partial charge in [0.25, 0.3) is 0 Å². The van der Waals surface area contributed by atoms with Crippen LogP contribution in [0.3, 0.4) is 0 Å². The predicted molar refractivity (Wildman–Crippen MR) is 98.4 cm³/mol. The predicted octanol–water partition coefficient (Wildman–Crippen LogP) is 2.86. The van der Waals surface area contributed by atoms with Gasteiger partial charge in [0.15, 0.2) is 0 Å². The minimum absolute atomic E-state index is 0.0499. The number of halogens is 4. The van der Waals surface area contributed by atoms with Crippen LogP contribution in [0.5, 0.6) is 0 Å². The maximum absolute atomic E-state index is 13.6. The summed E-state index contributed by atoms with van der Waals surface area (Å²) in [6.45, 7) is 0.0439. The van der Waals surface area contributed by atoms with E-state index >= 15 is 0 Å². The van der Waals surface area contributed by atoms with Crippen molar-refractivity contribution in [1.29, 1.82) is 0 Å². The van der Waals surface area contributed by atoms with Crippen LogP contribution < -0.4 is 10.2 Å². The van der Waals surface area contributed by atoms with Crippen LogP contribution in [0.25, 0.3) is 0 Å². The molecule has 2 fully saturated rings. The number of hydrogen-bond acceptors (Lipinski definition) is 3. The Kier molecular flexibility index (Phi) is 4.82. The van der Waals surface area contributed by atoms with Gasteiger partial charge in [0.1, 0.15) is 12.6 Å². The Morgan fingerprint density at radius 3 is 2.61 bits per heavy atom. The Labute approximate surface area is 165 Å². The summed E-state index contributed by atoms with van der Waals surface area (Å²) in [6.07, 6.45) is -2.61. The van der Waals surface area contributed by atoms with Gasteiger partial charge in [-0.15, -0.1) is 0 Å². The molecule has 1 aromatic rings. The molecule has 3 heterocycles. The van der Waals surface area contributed by atoms with E-state index in [0.29, 0.717) is 55.0 Å². The fraction of sp³-hybridized carbons (Fsp3) is 0.579. The maximum atomic E-state index is 13.6. The highest BCUT2D eigenvalue weighted by atomic mass is 35.5. The van der Waals surface area contributed by atoms with Gasteiger partial charge in [-0.3, -0.25) is 14.5 Å². The lowest BCUT2D eigenvalue weighted by Crippen LogP contribution is -2.57. The van der Waals surface area contributed by atoms with Crippen molar-refractivity contribution < 1.29 is 22.8 Å². The lowest BCUT2D eigenvalue weighted by Gasteiger charge is -2.39. The van der Waals surface area contributed by atoms with Crippen molar-refractivity contribution >= 4 is 29.1 Å². The first-order valence-electron chi connectivity index (χ1n) is 9.43. The quantitative estimate of drug-likeness (QED) is 0.808. The summed E-state index contributed by atoms with van der Waals surface area (Å²) in [6, 6.07) is 4.25. The van der Waals surface area contributed by atoms with Gasteiger partial charge in [0.05, 0.1) is 11.1 Å². The molecule has 0 bridgehead atoms. The van der Waals surface area contributed by atoms with E-state index in [1.165, 1.54) is 4.90 Å². The zero-order valence-electron chi connectivity index (χ0n) is 15.2. The van der Waals surface area contributed by atoms with E-state index in [1.807, 2.05) is 0 Å². The Hall–Kier alpha value is -1.80. The van der Waals surface area contributed by atoms with E-state index in [1.54, 1.807) is 18.2 Å². The molecule has 0 saturated carbocycles. The van der Waals surface area contributed by atoms with Crippen LogP contribution in [0.4, 0.5) is 18.9 Å². The van der Waals surface area contributed by atoms with Crippen molar-refractivity contribution in [2.75, 3.05) is 31.1 Å². The third kappa shape index (κ3) is 3.06. The molecule has 0 aliphatic carbocycles. The van der Waals surface area contributed by atoms with Crippen LogP contribution in [0.1, 0.15) is 31.2 Å². The molecule has 9 heteroatoms. The minimum atomic E-state index is -4.47. The van der Waals surface area contributed by atoms with E-state index in [4.69, 9.17) is 11.6 Å². The number of piperidine rings is 2. The number of anilines is 1. The number of benzene rings is 1.